The number of rotatable bonds is 5. The van der Waals surface area contributed by atoms with Gasteiger partial charge in [0, 0.05) is 25.1 Å². The number of nitrogens with zero attached hydrogens (tertiary/aromatic N) is 3. The van der Waals surface area contributed by atoms with Gasteiger partial charge in [-0.1, -0.05) is 0 Å². The molecule has 0 aliphatic carbocycles. The van der Waals surface area contributed by atoms with E-state index < -0.39 is 0 Å². The second kappa shape index (κ2) is 5.73. The van der Waals surface area contributed by atoms with Crippen LogP contribution in [0.1, 0.15) is 5.82 Å². The van der Waals surface area contributed by atoms with Crippen LogP contribution in [0.5, 0.6) is 5.75 Å². The van der Waals surface area contributed by atoms with Crippen molar-refractivity contribution in [1.29, 1.82) is 5.26 Å². The largest absolute Gasteiger partial charge is 0.479 e. The topological polar surface area (TPSA) is 62.9 Å². The average molecular weight is 242 g/mol. The maximum Gasteiger partial charge on any atom is 0.174 e. The van der Waals surface area contributed by atoms with Gasteiger partial charge in [-0.15, -0.1) is 0 Å². The van der Waals surface area contributed by atoms with Crippen LogP contribution in [-0.4, -0.2) is 16.2 Å². The van der Waals surface area contributed by atoms with Gasteiger partial charge >= 0.3 is 0 Å². The number of ether oxygens (including phenoxy) is 1. The number of hydrogen-bond donors (Lipinski definition) is 1. The molecule has 0 bridgehead atoms. The standard InChI is InChI=1S/C13H14N4O/c1-17-8-7-15-13(17)10-16-11-2-4-12(5-3-11)18-9-6-14/h2-5,7-8,16H,9-10H2,1H3. The molecule has 0 spiro atoms. The van der Waals surface area contributed by atoms with Gasteiger partial charge < -0.3 is 14.6 Å². The highest BCUT2D eigenvalue weighted by atomic mass is 16.5. The number of aromatic nitrogens is 2. The normalized spacial score (nSPS) is 9.78. The molecule has 0 amide bonds. The average Bonchev–Trinajstić information content (AvgIpc) is 2.81. The van der Waals surface area contributed by atoms with Crippen molar-refractivity contribution in [3.05, 3.63) is 42.5 Å². The molecule has 5 nitrogen and oxygen atoms in total. The SMILES string of the molecule is Cn1ccnc1CNc1ccc(OCC#N)cc1. The number of nitrogens with one attached hydrogen (secondary N) is 1. The van der Waals surface area contributed by atoms with Crippen molar-refractivity contribution in [3.63, 3.8) is 0 Å². The zero-order valence-electron chi connectivity index (χ0n) is 10.1. The van der Waals surface area contributed by atoms with E-state index in [2.05, 4.69) is 10.3 Å². The number of imidazole rings is 1. The van der Waals surface area contributed by atoms with Crippen LogP contribution >= 0.6 is 0 Å². The van der Waals surface area contributed by atoms with E-state index in [1.807, 2.05) is 48.1 Å². The van der Waals surface area contributed by atoms with Crippen molar-refractivity contribution in [1.82, 2.24) is 9.55 Å². The van der Waals surface area contributed by atoms with Gasteiger partial charge in [-0.3, -0.25) is 0 Å². The molecule has 1 aromatic carbocycles. The fraction of sp³-hybridized carbons (Fsp3) is 0.231. The summed E-state index contributed by atoms with van der Waals surface area (Å²) in [6.07, 6.45) is 3.69. The van der Waals surface area contributed by atoms with Crippen LogP contribution in [0.3, 0.4) is 0 Å². The van der Waals surface area contributed by atoms with Gasteiger partial charge in [0.1, 0.15) is 17.6 Å². The molecule has 0 saturated carbocycles. The lowest BCUT2D eigenvalue weighted by atomic mass is 10.3. The molecule has 2 aromatic rings. The van der Waals surface area contributed by atoms with Crippen LogP contribution in [0.4, 0.5) is 5.69 Å². The first-order valence-corrected chi connectivity index (χ1v) is 5.59. The molecule has 0 unspecified atom stereocenters. The Morgan fingerprint density at radius 3 is 2.78 bits per heavy atom. The van der Waals surface area contributed by atoms with Gasteiger partial charge in [0.25, 0.3) is 0 Å². The maximum atomic E-state index is 8.40. The first kappa shape index (κ1) is 12.0. The van der Waals surface area contributed by atoms with Gasteiger partial charge in [0.15, 0.2) is 6.61 Å². The number of benzene rings is 1. The molecule has 1 N–H and O–H groups in total. The first-order chi connectivity index (χ1) is 8.79. The van der Waals surface area contributed by atoms with E-state index >= 15 is 0 Å². The van der Waals surface area contributed by atoms with Gasteiger partial charge in [-0.05, 0) is 24.3 Å². The smallest absolute Gasteiger partial charge is 0.174 e. The summed E-state index contributed by atoms with van der Waals surface area (Å²) in [5.74, 6) is 1.67. The summed E-state index contributed by atoms with van der Waals surface area (Å²) in [7, 11) is 1.96. The third kappa shape index (κ3) is 3.01. The summed E-state index contributed by atoms with van der Waals surface area (Å²) in [5, 5.41) is 11.7. The summed E-state index contributed by atoms with van der Waals surface area (Å²) in [6, 6.07) is 9.42. The second-order valence-corrected chi connectivity index (χ2v) is 3.78. The lowest BCUT2D eigenvalue weighted by molar-refractivity contribution is 0.368. The van der Waals surface area contributed by atoms with Crippen LogP contribution in [0, 0.1) is 11.3 Å². The van der Waals surface area contributed by atoms with Gasteiger partial charge in [0.05, 0.1) is 6.54 Å². The Bertz CT molecular complexity index is 539. The zero-order chi connectivity index (χ0) is 12.8. The Morgan fingerprint density at radius 2 is 2.17 bits per heavy atom. The molecule has 0 aliphatic rings. The van der Waals surface area contributed by atoms with Crippen LogP contribution in [0.2, 0.25) is 0 Å². The van der Waals surface area contributed by atoms with E-state index in [-0.39, 0.29) is 6.61 Å². The van der Waals surface area contributed by atoms with E-state index in [0.717, 1.165) is 11.5 Å². The lowest BCUT2D eigenvalue weighted by Gasteiger charge is -2.07. The van der Waals surface area contributed by atoms with E-state index in [1.54, 1.807) is 6.20 Å². The number of aryl methyl sites for hydroxylation is 1. The summed E-state index contributed by atoms with van der Waals surface area (Å²) < 4.78 is 7.14. The second-order valence-electron chi connectivity index (χ2n) is 3.78. The summed E-state index contributed by atoms with van der Waals surface area (Å²) in [6.45, 7) is 0.738. The monoisotopic (exact) mass is 242 g/mol. The number of anilines is 1. The predicted octanol–water partition coefficient (Wildman–Crippen LogP) is 1.93. The van der Waals surface area contributed by atoms with E-state index in [4.69, 9.17) is 10.00 Å². The summed E-state index contributed by atoms with van der Waals surface area (Å²) >= 11 is 0. The fourth-order valence-corrected chi connectivity index (χ4v) is 1.53. The molecule has 0 radical (unpaired) electrons. The molecule has 5 heteroatoms. The molecule has 0 saturated heterocycles. The first-order valence-electron chi connectivity index (χ1n) is 5.59. The summed E-state index contributed by atoms with van der Waals surface area (Å²) in [5.41, 5.74) is 0.988. The van der Waals surface area contributed by atoms with Crippen molar-refractivity contribution >= 4 is 5.69 Å². The Hall–Kier alpha value is -2.48. The van der Waals surface area contributed by atoms with Crippen LogP contribution in [0.15, 0.2) is 36.7 Å². The third-order valence-electron chi connectivity index (χ3n) is 2.53. The molecule has 92 valence electrons. The van der Waals surface area contributed by atoms with Gasteiger partial charge in [-0.2, -0.15) is 5.26 Å². The van der Waals surface area contributed by atoms with E-state index in [9.17, 15) is 0 Å². The molecule has 2 rings (SSSR count). The van der Waals surface area contributed by atoms with Gasteiger partial charge in [-0.25, -0.2) is 4.98 Å². The summed E-state index contributed by atoms with van der Waals surface area (Å²) in [4.78, 5) is 4.23. The van der Waals surface area contributed by atoms with Crippen molar-refractivity contribution in [2.75, 3.05) is 11.9 Å². The zero-order valence-corrected chi connectivity index (χ0v) is 10.1. The minimum atomic E-state index is 0.0695. The predicted molar refractivity (Wildman–Crippen MR) is 68.1 cm³/mol. The highest BCUT2D eigenvalue weighted by molar-refractivity contribution is 5.46. The van der Waals surface area contributed by atoms with E-state index in [0.29, 0.717) is 12.3 Å². The Balaban J connectivity index is 1.91. The lowest BCUT2D eigenvalue weighted by Crippen LogP contribution is -2.05. The van der Waals surface area contributed by atoms with Crippen molar-refractivity contribution < 1.29 is 4.74 Å². The molecule has 18 heavy (non-hydrogen) atoms. The Labute approximate surface area is 106 Å². The Morgan fingerprint density at radius 1 is 1.39 bits per heavy atom. The molecule has 1 aromatic heterocycles. The fourth-order valence-electron chi connectivity index (χ4n) is 1.53. The van der Waals surface area contributed by atoms with Crippen LogP contribution in [-0.2, 0) is 13.6 Å². The molecule has 0 fully saturated rings. The Kier molecular flexibility index (Phi) is 3.82. The molecular weight excluding hydrogens is 228 g/mol. The molecule has 1 heterocycles. The molecule has 0 atom stereocenters. The quantitative estimate of drug-likeness (QED) is 0.870. The highest BCUT2D eigenvalue weighted by Gasteiger charge is 1.99. The van der Waals surface area contributed by atoms with Crippen molar-refractivity contribution in [2.45, 2.75) is 6.54 Å². The van der Waals surface area contributed by atoms with Crippen LogP contribution in [0.25, 0.3) is 0 Å². The van der Waals surface area contributed by atoms with Gasteiger partial charge in [0.2, 0.25) is 0 Å². The van der Waals surface area contributed by atoms with Crippen molar-refractivity contribution in [2.24, 2.45) is 7.05 Å². The molecule has 0 aliphatic heterocycles. The minimum absolute atomic E-state index is 0.0695. The number of hydrogen-bond acceptors (Lipinski definition) is 4. The molecular formula is C13H14N4O. The minimum Gasteiger partial charge on any atom is -0.479 e. The number of nitriles is 1. The third-order valence-corrected chi connectivity index (χ3v) is 2.53. The van der Waals surface area contributed by atoms with Crippen LogP contribution < -0.4 is 10.1 Å². The highest BCUT2D eigenvalue weighted by Crippen LogP contribution is 2.16. The maximum absolute atomic E-state index is 8.40. The van der Waals surface area contributed by atoms with Crippen molar-refractivity contribution in [3.8, 4) is 11.8 Å². The van der Waals surface area contributed by atoms with E-state index in [1.165, 1.54) is 0 Å².